The molecule has 3 rings (SSSR count). The minimum Gasteiger partial charge on any atom is -0.324 e. The molecule has 2 aromatic rings. The van der Waals surface area contributed by atoms with Crippen molar-refractivity contribution in [1.82, 2.24) is 0 Å². The fourth-order valence-electron chi connectivity index (χ4n) is 2.04. The maximum Gasteiger partial charge on any atom is 0.245 e. The Morgan fingerprint density at radius 3 is 2.52 bits per heavy atom. The van der Waals surface area contributed by atoms with Crippen molar-refractivity contribution in [3.8, 4) is 0 Å². The van der Waals surface area contributed by atoms with E-state index in [2.05, 4.69) is 5.32 Å². The molecule has 0 radical (unpaired) electrons. The second kappa shape index (κ2) is 5.71. The van der Waals surface area contributed by atoms with Crippen LogP contribution in [0.1, 0.15) is 11.6 Å². The number of anilines is 1. The van der Waals surface area contributed by atoms with Crippen LogP contribution in [0.2, 0.25) is 15.1 Å². The number of hydrogen-bond acceptors (Lipinski definition) is 3. The molecule has 7 heteroatoms. The van der Waals surface area contributed by atoms with Crippen molar-refractivity contribution in [1.29, 1.82) is 0 Å². The van der Waals surface area contributed by atoms with Crippen LogP contribution in [0.15, 0.2) is 40.1 Å². The summed E-state index contributed by atoms with van der Waals surface area (Å²) in [7, 11) is 0. The Morgan fingerprint density at radius 1 is 1.05 bits per heavy atom. The average molecular weight is 360 g/mol. The maximum atomic E-state index is 11.6. The summed E-state index contributed by atoms with van der Waals surface area (Å²) in [5.41, 5.74) is 7.17. The predicted octanol–water partition coefficient (Wildman–Crippen LogP) is 4.75. The molecule has 0 spiro atoms. The van der Waals surface area contributed by atoms with E-state index in [1.165, 1.54) is 11.8 Å². The van der Waals surface area contributed by atoms with Crippen LogP contribution in [-0.4, -0.2) is 5.91 Å². The van der Waals surface area contributed by atoms with Gasteiger partial charge in [-0.1, -0.05) is 46.6 Å². The lowest BCUT2D eigenvalue weighted by Gasteiger charge is -2.09. The lowest BCUT2D eigenvalue weighted by molar-refractivity contribution is -0.116. The van der Waals surface area contributed by atoms with Gasteiger partial charge in [0.2, 0.25) is 5.91 Å². The number of nitrogens with one attached hydrogen (secondary N) is 1. The van der Waals surface area contributed by atoms with E-state index in [0.29, 0.717) is 26.3 Å². The van der Waals surface area contributed by atoms with Crippen LogP contribution in [0.4, 0.5) is 5.69 Å². The molecule has 1 heterocycles. The summed E-state index contributed by atoms with van der Waals surface area (Å²) in [4.78, 5) is 13.1. The van der Waals surface area contributed by atoms with Crippen LogP contribution >= 0.6 is 46.6 Å². The molecule has 0 bridgehead atoms. The van der Waals surface area contributed by atoms with Gasteiger partial charge in [-0.15, -0.1) is 0 Å². The zero-order valence-corrected chi connectivity index (χ0v) is 13.6. The van der Waals surface area contributed by atoms with Crippen molar-refractivity contribution >= 4 is 58.2 Å². The van der Waals surface area contributed by atoms with E-state index in [1.807, 2.05) is 0 Å². The van der Waals surface area contributed by atoms with Gasteiger partial charge in [0, 0.05) is 26.1 Å². The number of benzene rings is 2. The van der Waals surface area contributed by atoms with Crippen molar-refractivity contribution in [3.63, 3.8) is 0 Å². The van der Waals surface area contributed by atoms with E-state index in [4.69, 9.17) is 40.5 Å². The number of nitrogens with two attached hydrogens (primary N) is 1. The van der Waals surface area contributed by atoms with Gasteiger partial charge in [-0.2, -0.15) is 0 Å². The smallest absolute Gasteiger partial charge is 0.245 e. The first-order valence-electron chi connectivity index (χ1n) is 5.98. The van der Waals surface area contributed by atoms with Gasteiger partial charge in [0.1, 0.15) is 6.04 Å². The largest absolute Gasteiger partial charge is 0.324 e. The second-order valence-electron chi connectivity index (χ2n) is 4.51. The Morgan fingerprint density at radius 2 is 1.76 bits per heavy atom. The molecule has 1 aliphatic rings. The summed E-state index contributed by atoms with van der Waals surface area (Å²) < 4.78 is 0. The maximum absolute atomic E-state index is 11.6. The van der Waals surface area contributed by atoms with Crippen LogP contribution in [0.25, 0.3) is 0 Å². The van der Waals surface area contributed by atoms with Gasteiger partial charge in [-0.25, -0.2) is 0 Å². The third-order valence-electron chi connectivity index (χ3n) is 3.09. The van der Waals surface area contributed by atoms with Gasteiger partial charge in [-0.05, 0) is 30.3 Å². The molecule has 3 N–H and O–H groups in total. The molecule has 1 amide bonds. The molecular formula is C14H9Cl3N2OS. The van der Waals surface area contributed by atoms with Gasteiger partial charge >= 0.3 is 0 Å². The molecule has 21 heavy (non-hydrogen) atoms. The molecule has 1 atom stereocenters. The normalized spacial score (nSPS) is 16.8. The molecule has 0 saturated carbocycles. The number of carbonyl (C=O) groups is 1. The Balaban J connectivity index is 1.99. The van der Waals surface area contributed by atoms with Gasteiger partial charge in [0.05, 0.1) is 10.0 Å². The first kappa shape index (κ1) is 15.0. The Hall–Kier alpha value is -0.910. The minimum atomic E-state index is -0.675. The fraction of sp³-hybridized carbons (Fsp3) is 0.0714. The molecule has 0 aliphatic carbocycles. The van der Waals surface area contributed by atoms with E-state index in [0.717, 1.165) is 9.79 Å². The number of fused-ring (bicyclic) bond motifs is 1. The summed E-state index contributed by atoms with van der Waals surface area (Å²) in [6.07, 6.45) is 0. The topological polar surface area (TPSA) is 55.1 Å². The summed E-state index contributed by atoms with van der Waals surface area (Å²) >= 11 is 19.8. The van der Waals surface area contributed by atoms with Crippen molar-refractivity contribution < 1.29 is 4.79 Å². The summed E-state index contributed by atoms with van der Waals surface area (Å²) in [6.45, 7) is 0. The van der Waals surface area contributed by atoms with Crippen LogP contribution in [-0.2, 0) is 4.79 Å². The van der Waals surface area contributed by atoms with Crippen LogP contribution in [0, 0.1) is 0 Å². The molecule has 108 valence electrons. The van der Waals surface area contributed by atoms with Crippen molar-refractivity contribution in [3.05, 3.63) is 51.0 Å². The standard InChI is InChI=1S/C14H9Cl3N2OS/c15-6-1-2-8(16)11(3-6)21-12-5-10-7(4-9(12)17)13(18)14(20)19-10/h1-5,13H,18H2,(H,19,20). The third-order valence-corrected chi connectivity index (χ3v) is 5.31. The molecule has 0 aromatic heterocycles. The molecular weight excluding hydrogens is 351 g/mol. The van der Waals surface area contributed by atoms with Crippen LogP contribution < -0.4 is 11.1 Å². The first-order valence-corrected chi connectivity index (χ1v) is 7.93. The zero-order chi connectivity index (χ0) is 15.1. The number of carbonyl (C=O) groups excluding carboxylic acids is 1. The van der Waals surface area contributed by atoms with E-state index in [9.17, 15) is 4.79 Å². The number of halogens is 3. The zero-order valence-electron chi connectivity index (χ0n) is 10.5. The average Bonchev–Trinajstić information content (AvgIpc) is 2.70. The monoisotopic (exact) mass is 358 g/mol. The summed E-state index contributed by atoms with van der Waals surface area (Å²) in [5, 5.41) is 4.42. The van der Waals surface area contributed by atoms with Gasteiger partial charge in [-0.3, -0.25) is 4.79 Å². The molecule has 2 aromatic carbocycles. The highest BCUT2D eigenvalue weighted by molar-refractivity contribution is 7.99. The molecule has 0 fully saturated rings. The van der Waals surface area contributed by atoms with Crippen LogP contribution in [0.3, 0.4) is 0 Å². The highest BCUT2D eigenvalue weighted by Crippen LogP contribution is 2.42. The lowest BCUT2D eigenvalue weighted by Crippen LogP contribution is -2.19. The highest BCUT2D eigenvalue weighted by atomic mass is 35.5. The SMILES string of the molecule is NC1C(=O)Nc2cc(Sc3cc(Cl)ccc3Cl)c(Cl)cc21. The van der Waals surface area contributed by atoms with E-state index >= 15 is 0 Å². The Kier molecular flexibility index (Phi) is 4.08. The molecule has 1 aliphatic heterocycles. The summed E-state index contributed by atoms with van der Waals surface area (Å²) in [6, 6.07) is 8.04. The van der Waals surface area contributed by atoms with E-state index < -0.39 is 6.04 Å². The van der Waals surface area contributed by atoms with Gasteiger partial charge in [0.25, 0.3) is 0 Å². The number of hydrogen-bond donors (Lipinski definition) is 2. The van der Waals surface area contributed by atoms with Crippen molar-refractivity contribution in [2.75, 3.05) is 5.32 Å². The predicted molar refractivity (Wildman–Crippen MR) is 87.6 cm³/mol. The third kappa shape index (κ3) is 2.87. The minimum absolute atomic E-state index is 0.232. The van der Waals surface area contributed by atoms with Crippen molar-refractivity contribution in [2.24, 2.45) is 5.73 Å². The Labute approximate surface area is 140 Å². The molecule has 0 saturated heterocycles. The van der Waals surface area contributed by atoms with Gasteiger partial charge < -0.3 is 11.1 Å². The van der Waals surface area contributed by atoms with E-state index in [-0.39, 0.29) is 5.91 Å². The van der Waals surface area contributed by atoms with E-state index in [1.54, 1.807) is 30.3 Å². The second-order valence-corrected chi connectivity index (χ2v) is 6.85. The molecule has 3 nitrogen and oxygen atoms in total. The number of rotatable bonds is 2. The van der Waals surface area contributed by atoms with Gasteiger partial charge in [0.15, 0.2) is 0 Å². The lowest BCUT2D eigenvalue weighted by atomic mass is 10.1. The van der Waals surface area contributed by atoms with Crippen molar-refractivity contribution in [2.45, 2.75) is 15.8 Å². The first-order chi connectivity index (χ1) is 9.95. The Bertz CT molecular complexity index is 751. The fourth-order valence-corrected chi connectivity index (χ4v) is 3.72. The summed E-state index contributed by atoms with van der Waals surface area (Å²) in [5.74, 6) is -0.232. The molecule has 1 unspecified atom stereocenters. The van der Waals surface area contributed by atoms with Crippen LogP contribution in [0.5, 0.6) is 0 Å². The number of amides is 1. The quantitative estimate of drug-likeness (QED) is 0.813. The highest BCUT2D eigenvalue weighted by Gasteiger charge is 2.28.